The summed E-state index contributed by atoms with van der Waals surface area (Å²) in [7, 11) is 0. The average molecular weight is 503 g/mol. The zero-order valence-electron chi connectivity index (χ0n) is 21.2. The molecule has 1 aliphatic carbocycles. The van der Waals surface area contributed by atoms with Gasteiger partial charge in [-0.25, -0.2) is 4.68 Å². The molecule has 2 aliphatic rings. The minimum atomic E-state index is -0.181. The standard InChI is InChI=1S/C28H34N6O3/c1-19-5-6-22(28(36)32-23-7-8-23)16-25(19)34-27(29)24(18-31-34)26(35)21-4-2-3-20(15-21)17-30-9-10-33-11-13-37-14-12-33/h2-6,15-16,18,23,30H,7-14,17,29H2,1H3,(H,32,36). The zero-order valence-corrected chi connectivity index (χ0v) is 21.2. The first-order valence-electron chi connectivity index (χ1n) is 12.9. The Labute approximate surface area is 217 Å². The monoisotopic (exact) mass is 502 g/mol. The fourth-order valence-corrected chi connectivity index (χ4v) is 4.47. The van der Waals surface area contributed by atoms with Crippen LogP contribution >= 0.6 is 0 Å². The molecule has 2 fully saturated rings. The van der Waals surface area contributed by atoms with Crippen LogP contribution in [0.4, 0.5) is 5.82 Å². The SMILES string of the molecule is Cc1ccc(C(=O)NC2CC2)cc1-n1ncc(C(=O)c2cccc(CNCCN3CCOCC3)c2)c1N. The highest BCUT2D eigenvalue weighted by molar-refractivity contribution is 6.11. The van der Waals surface area contributed by atoms with Crippen molar-refractivity contribution < 1.29 is 14.3 Å². The van der Waals surface area contributed by atoms with E-state index in [9.17, 15) is 9.59 Å². The first kappa shape index (κ1) is 25.1. The highest BCUT2D eigenvalue weighted by atomic mass is 16.5. The van der Waals surface area contributed by atoms with E-state index in [-0.39, 0.29) is 23.6 Å². The molecular formula is C28H34N6O3. The van der Waals surface area contributed by atoms with Crippen molar-refractivity contribution >= 4 is 17.5 Å². The van der Waals surface area contributed by atoms with Gasteiger partial charge in [0.05, 0.1) is 30.7 Å². The van der Waals surface area contributed by atoms with Gasteiger partial charge in [0, 0.05) is 49.9 Å². The number of hydrogen-bond acceptors (Lipinski definition) is 7. The second-order valence-electron chi connectivity index (χ2n) is 9.76. The number of aryl methyl sites for hydroxylation is 1. The third-order valence-electron chi connectivity index (χ3n) is 6.89. The van der Waals surface area contributed by atoms with Crippen molar-refractivity contribution in [2.24, 2.45) is 0 Å². The lowest BCUT2D eigenvalue weighted by Crippen LogP contribution is -2.40. The van der Waals surface area contributed by atoms with Crippen LogP contribution in [0, 0.1) is 6.92 Å². The van der Waals surface area contributed by atoms with Crippen molar-refractivity contribution in [1.29, 1.82) is 0 Å². The zero-order chi connectivity index (χ0) is 25.8. The molecule has 1 amide bonds. The molecule has 0 unspecified atom stereocenters. The summed E-state index contributed by atoms with van der Waals surface area (Å²) in [5.41, 5.74) is 10.5. The maximum atomic E-state index is 13.4. The Morgan fingerprint density at radius 3 is 2.70 bits per heavy atom. The molecule has 194 valence electrons. The predicted molar refractivity (Wildman–Crippen MR) is 142 cm³/mol. The van der Waals surface area contributed by atoms with E-state index < -0.39 is 0 Å². The van der Waals surface area contributed by atoms with Crippen LogP contribution in [0.15, 0.2) is 48.7 Å². The summed E-state index contributed by atoms with van der Waals surface area (Å²) in [5.74, 6) is -0.0396. The lowest BCUT2D eigenvalue weighted by atomic mass is 10.0. The number of benzene rings is 2. The number of carbonyl (C=O) groups is 2. The maximum Gasteiger partial charge on any atom is 0.251 e. The molecule has 2 heterocycles. The summed E-state index contributed by atoms with van der Waals surface area (Å²) in [6, 6.07) is 13.3. The normalized spacial score (nSPS) is 16.0. The number of anilines is 1. The molecule has 5 rings (SSSR count). The van der Waals surface area contributed by atoms with Gasteiger partial charge in [0.2, 0.25) is 0 Å². The fourth-order valence-electron chi connectivity index (χ4n) is 4.47. The van der Waals surface area contributed by atoms with Crippen LogP contribution in [0.5, 0.6) is 0 Å². The summed E-state index contributed by atoms with van der Waals surface area (Å²) in [4.78, 5) is 28.3. The van der Waals surface area contributed by atoms with Gasteiger partial charge < -0.3 is 21.1 Å². The minimum absolute atomic E-state index is 0.110. The van der Waals surface area contributed by atoms with Crippen LogP contribution in [0.25, 0.3) is 5.69 Å². The smallest absolute Gasteiger partial charge is 0.251 e. The van der Waals surface area contributed by atoms with E-state index in [4.69, 9.17) is 10.5 Å². The van der Waals surface area contributed by atoms with Crippen molar-refractivity contribution in [2.75, 3.05) is 45.1 Å². The number of nitrogens with zero attached hydrogens (tertiary/aromatic N) is 3. The van der Waals surface area contributed by atoms with E-state index in [0.29, 0.717) is 28.9 Å². The molecule has 0 radical (unpaired) electrons. The molecule has 9 heteroatoms. The van der Waals surface area contributed by atoms with Gasteiger partial charge in [0.1, 0.15) is 5.82 Å². The number of morpholine rings is 1. The molecule has 0 atom stereocenters. The summed E-state index contributed by atoms with van der Waals surface area (Å²) in [6.45, 7) is 7.98. The summed E-state index contributed by atoms with van der Waals surface area (Å²) < 4.78 is 6.93. The molecule has 4 N–H and O–H groups in total. The van der Waals surface area contributed by atoms with Crippen molar-refractivity contribution in [3.05, 3.63) is 76.5 Å². The highest BCUT2D eigenvalue weighted by Gasteiger charge is 2.25. The van der Waals surface area contributed by atoms with Crippen LogP contribution < -0.4 is 16.4 Å². The van der Waals surface area contributed by atoms with Crippen LogP contribution in [-0.4, -0.2) is 71.8 Å². The lowest BCUT2D eigenvalue weighted by Gasteiger charge is -2.26. The Balaban J connectivity index is 1.26. The van der Waals surface area contributed by atoms with Gasteiger partial charge in [-0.2, -0.15) is 5.10 Å². The van der Waals surface area contributed by atoms with Crippen LogP contribution in [-0.2, 0) is 11.3 Å². The van der Waals surface area contributed by atoms with E-state index in [0.717, 1.165) is 63.4 Å². The first-order valence-corrected chi connectivity index (χ1v) is 12.9. The van der Waals surface area contributed by atoms with E-state index >= 15 is 0 Å². The molecule has 1 aromatic heterocycles. The first-order chi connectivity index (χ1) is 18.0. The summed E-state index contributed by atoms with van der Waals surface area (Å²) in [5, 5.41) is 10.9. The van der Waals surface area contributed by atoms with E-state index in [1.807, 2.05) is 31.2 Å². The molecule has 37 heavy (non-hydrogen) atoms. The number of ether oxygens (including phenoxy) is 1. The van der Waals surface area contributed by atoms with Gasteiger partial charge in [-0.15, -0.1) is 0 Å². The lowest BCUT2D eigenvalue weighted by molar-refractivity contribution is 0.0384. The Hall–Kier alpha value is -3.53. The molecule has 2 aromatic carbocycles. The van der Waals surface area contributed by atoms with Crippen molar-refractivity contribution in [3.8, 4) is 5.69 Å². The van der Waals surface area contributed by atoms with Gasteiger partial charge in [0.25, 0.3) is 5.91 Å². The third kappa shape index (κ3) is 6.07. The number of ketones is 1. The van der Waals surface area contributed by atoms with E-state index in [1.165, 1.54) is 10.9 Å². The Morgan fingerprint density at radius 2 is 1.92 bits per heavy atom. The number of amides is 1. The van der Waals surface area contributed by atoms with Gasteiger partial charge in [0.15, 0.2) is 5.78 Å². The fraction of sp³-hybridized carbons (Fsp3) is 0.393. The predicted octanol–water partition coefficient (Wildman–Crippen LogP) is 2.31. The van der Waals surface area contributed by atoms with Crippen LogP contribution in [0.1, 0.15) is 50.2 Å². The maximum absolute atomic E-state index is 13.4. The van der Waals surface area contributed by atoms with Crippen LogP contribution in [0.3, 0.4) is 0 Å². The number of nitrogen functional groups attached to an aromatic ring is 1. The molecule has 0 bridgehead atoms. The molecule has 3 aromatic rings. The van der Waals surface area contributed by atoms with Gasteiger partial charge >= 0.3 is 0 Å². The van der Waals surface area contributed by atoms with Crippen molar-refractivity contribution in [2.45, 2.75) is 32.4 Å². The Bertz CT molecular complexity index is 1280. The quantitative estimate of drug-likeness (QED) is 0.288. The van der Waals surface area contributed by atoms with E-state index in [2.05, 4.69) is 20.6 Å². The number of hydrogen-bond donors (Lipinski definition) is 3. The van der Waals surface area contributed by atoms with Crippen molar-refractivity contribution in [3.63, 3.8) is 0 Å². The highest BCUT2D eigenvalue weighted by Crippen LogP contribution is 2.25. The largest absolute Gasteiger partial charge is 0.383 e. The van der Waals surface area contributed by atoms with Gasteiger partial charge in [-0.1, -0.05) is 24.3 Å². The molecule has 1 aliphatic heterocycles. The molecular weight excluding hydrogens is 468 g/mol. The number of nitrogens with two attached hydrogens (primary N) is 1. The average Bonchev–Trinajstić information content (AvgIpc) is 3.66. The Morgan fingerprint density at radius 1 is 1.11 bits per heavy atom. The van der Waals surface area contributed by atoms with Crippen molar-refractivity contribution in [1.82, 2.24) is 25.3 Å². The summed E-state index contributed by atoms with van der Waals surface area (Å²) in [6.07, 6.45) is 3.54. The molecule has 1 saturated heterocycles. The number of aromatic nitrogens is 2. The van der Waals surface area contributed by atoms with Gasteiger partial charge in [-0.05, 0) is 49.1 Å². The Kier molecular flexibility index (Phi) is 7.64. The summed E-state index contributed by atoms with van der Waals surface area (Å²) >= 11 is 0. The number of nitrogens with one attached hydrogen (secondary N) is 2. The minimum Gasteiger partial charge on any atom is -0.383 e. The van der Waals surface area contributed by atoms with E-state index in [1.54, 1.807) is 18.2 Å². The second-order valence-corrected chi connectivity index (χ2v) is 9.76. The second kappa shape index (κ2) is 11.2. The third-order valence-corrected chi connectivity index (χ3v) is 6.89. The molecule has 1 saturated carbocycles. The molecule has 9 nitrogen and oxygen atoms in total. The topological polar surface area (TPSA) is 115 Å². The number of rotatable bonds is 10. The molecule has 0 spiro atoms. The van der Waals surface area contributed by atoms with Crippen LogP contribution in [0.2, 0.25) is 0 Å². The van der Waals surface area contributed by atoms with Gasteiger partial charge in [-0.3, -0.25) is 14.5 Å². The number of carbonyl (C=O) groups excluding carboxylic acids is 2.